The Morgan fingerprint density at radius 2 is 1.89 bits per heavy atom. The number of anilines is 1. The van der Waals surface area contributed by atoms with Crippen LogP contribution in [0, 0.1) is 0 Å². The first kappa shape index (κ1) is 17.9. The number of benzene rings is 1. The number of hydrogen-bond acceptors (Lipinski definition) is 4. The van der Waals surface area contributed by atoms with Crippen LogP contribution in [-0.4, -0.2) is 20.9 Å². The van der Waals surface area contributed by atoms with Gasteiger partial charge in [-0.15, -0.1) is 0 Å². The molecule has 0 aliphatic rings. The lowest BCUT2D eigenvalue weighted by atomic mass is 9.94. The molecule has 1 amide bonds. The molecule has 0 saturated carbocycles. The molecule has 0 bridgehead atoms. The van der Waals surface area contributed by atoms with Crippen LogP contribution in [0.5, 0.6) is 0 Å². The van der Waals surface area contributed by atoms with Crippen molar-refractivity contribution in [3.63, 3.8) is 0 Å². The molecule has 28 heavy (non-hydrogen) atoms. The number of fused-ring (bicyclic) bond motifs is 1. The Labute approximate surface area is 162 Å². The number of rotatable bonds is 4. The van der Waals surface area contributed by atoms with Crippen LogP contribution in [0.15, 0.2) is 67.3 Å². The zero-order valence-electron chi connectivity index (χ0n) is 15.7. The molecule has 140 valence electrons. The molecule has 6 heteroatoms. The maximum Gasteiger partial charge on any atom is 0.257 e. The van der Waals surface area contributed by atoms with Gasteiger partial charge in [-0.1, -0.05) is 24.3 Å². The summed E-state index contributed by atoms with van der Waals surface area (Å²) in [5, 5.41) is 3.77. The number of nitrogens with two attached hydrogens (primary N) is 1. The molecule has 1 aromatic carbocycles. The molecule has 0 spiro atoms. The average molecular weight is 371 g/mol. The number of H-pyrrole nitrogens is 1. The predicted octanol–water partition coefficient (Wildman–Crippen LogP) is 4.07. The van der Waals surface area contributed by atoms with Crippen molar-refractivity contribution in [2.75, 3.05) is 5.32 Å². The second kappa shape index (κ2) is 6.90. The summed E-state index contributed by atoms with van der Waals surface area (Å²) in [7, 11) is 0. The second-order valence-electron chi connectivity index (χ2n) is 7.32. The predicted molar refractivity (Wildman–Crippen MR) is 111 cm³/mol. The third-order valence-electron chi connectivity index (χ3n) is 4.67. The number of carbonyl (C=O) groups excluding carboxylic acids is 1. The summed E-state index contributed by atoms with van der Waals surface area (Å²) in [6.07, 6.45) is 6.73. The maximum atomic E-state index is 12.4. The highest BCUT2D eigenvalue weighted by atomic mass is 16.1. The molecule has 4 rings (SSSR count). The molecule has 4 N–H and O–H groups in total. The molecule has 0 aliphatic carbocycles. The second-order valence-corrected chi connectivity index (χ2v) is 7.32. The normalized spacial score (nSPS) is 11.5. The summed E-state index contributed by atoms with van der Waals surface area (Å²) >= 11 is 0. The van der Waals surface area contributed by atoms with Crippen molar-refractivity contribution >= 4 is 22.6 Å². The molecule has 0 unspecified atom stereocenters. The third-order valence-corrected chi connectivity index (χ3v) is 4.67. The molecular formula is C22H21N5O. The van der Waals surface area contributed by atoms with Crippen molar-refractivity contribution in [3.05, 3.63) is 78.4 Å². The number of nitrogens with zero attached hydrogens (tertiary/aromatic N) is 2. The van der Waals surface area contributed by atoms with Crippen LogP contribution in [0.2, 0.25) is 0 Å². The van der Waals surface area contributed by atoms with Gasteiger partial charge in [-0.3, -0.25) is 9.78 Å². The number of aromatic amines is 1. The van der Waals surface area contributed by atoms with Crippen LogP contribution in [-0.2, 0) is 5.54 Å². The van der Waals surface area contributed by atoms with Gasteiger partial charge < -0.3 is 16.0 Å². The van der Waals surface area contributed by atoms with Crippen molar-refractivity contribution in [2.45, 2.75) is 19.4 Å². The van der Waals surface area contributed by atoms with Gasteiger partial charge in [0.15, 0.2) is 0 Å². The Hall–Kier alpha value is -3.51. The van der Waals surface area contributed by atoms with Gasteiger partial charge >= 0.3 is 0 Å². The summed E-state index contributed by atoms with van der Waals surface area (Å²) < 4.78 is 0. The van der Waals surface area contributed by atoms with Gasteiger partial charge in [0.1, 0.15) is 5.65 Å². The number of amides is 1. The fourth-order valence-electron chi connectivity index (χ4n) is 3.05. The fourth-order valence-corrected chi connectivity index (χ4v) is 3.05. The van der Waals surface area contributed by atoms with Crippen LogP contribution in [0.4, 0.5) is 5.69 Å². The molecule has 6 nitrogen and oxygen atoms in total. The smallest absolute Gasteiger partial charge is 0.257 e. The molecule has 3 heterocycles. The summed E-state index contributed by atoms with van der Waals surface area (Å²) in [4.78, 5) is 24.0. The average Bonchev–Trinajstić information content (AvgIpc) is 3.10. The first-order chi connectivity index (χ1) is 13.4. The summed E-state index contributed by atoms with van der Waals surface area (Å²) in [5.74, 6) is -0.214. The first-order valence-electron chi connectivity index (χ1n) is 9.00. The number of hydrogen-bond donors (Lipinski definition) is 3. The minimum Gasteiger partial charge on any atom is -0.344 e. The Balaban J connectivity index is 1.65. The standard InChI is InChI=1S/C22H21N5O/c1-22(2,23)17-7-5-14(6-8-17)16-10-18-19(13-26-20(18)25-12-16)27-21(28)15-4-3-9-24-11-15/h3-13H,23H2,1-2H3,(H,25,26)(H,27,28). The van der Waals surface area contributed by atoms with Crippen LogP contribution < -0.4 is 11.1 Å². The van der Waals surface area contributed by atoms with E-state index in [1.54, 1.807) is 24.5 Å². The monoisotopic (exact) mass is 371 g/mol. The van der Waals surface area contributed by atoms with Gasteiger partial charge in [0, 0.05) is 41.3 Å². The molecular weight excluding hydrogens is 350 g/mol. The largest absolute Gasteiger partial charge is 0.344 e. The Bertz CT molecular complexity index is 1130. The van der Waals surface area contributed by atoms with E-state index in [0.29, 0.717) is 16.9 Å². The lowest BCUT2D eigenvalue weighted by Gasteiger charge is -2.19. The molecule has 0 atom stereocenters. The van der Waals surface area contributed by atoms with E-state index in [9.17, 15) is 4.79 Å². The number of aromatic nitrogens is 3. The van der Waals surface area contributed by atoms with E-state index in [0.717, 1.165) is 22.1 Å². The lowest BCUT2D eigenvalue weighted by molar-refractivity contribution is 0.102. The van der Waals surface area contributed by atoms with E-state index in [1.807, 2.05) is 50.4 Å². The number of carbonyl (C=O) groups is 1. The Morgan fingerprint density at radius 1 is 1.11 bits per heavy atom. The Morgan fingerprint density at radius 3 is 2.57 bits per heavy atom. The van der Waals surface area contributed by atoms with Crippen molar-refractivity contribution in [1.82, 2.24) is 15.0 Å². The zero-order valence-corrected chi connectivity index (χ0v) is 15.7. The Kier molecular flexibility index (Phi) is 4.41. The van der Waals surface area contributed by atoms with Gasteiger partial charge in [-0.2, -0.15) is 0 Å². The van der Waals surface area contributed by atoms with E-state index in [1.165, 1.54) is 6.20 Å². The van der Waals surface area contributed by atoms with Crippen LogP contribution >= 0.6 is 0 Å². The van der Waals surface area contributed by atoms with E-state index in [4.69, 9.17) is 5.73 Å². The van der Waals surface area contributed by atoms with E-state index in [2.05, 4.69) is 20.3 Å². The van der Waals surface area contributed by atoms with Gasteiger partial charge in [-0.25, -0.2) is 4.98 Å². The zero-order chi connectivity index (χ0) is 19.7. The van der Waals surface area contributed by atoms with E-state index >= 15 is 0 Å². The third kappa shape index (κ3) is 3.50. The van der Waals surface area contributed by atoms with Gasteiger partial charge in [0.2, 0.25) is 0 Å². The molecule has 0 aliphatic heterocycles. The van der Waals surface area contributed by atoms with Crippen molar-refractivity contribution < 1.29 is 4.79 Å². The minimum atomic E-state index is -0.384. The van der Waals surface area contributed by atoms with Crippen LogP contribution in [0.3, 0.4) is 0 Å². The minimum absolute atomic E-state index is 0.214. The van der Waals surface area contributed by atoms with Crippen molar-refractivity contribution in [3.8, 4) is 11.1 Å². The molecule has 0 saturated heterocycles. The summed E-state index contributed by atoms with van der Waals surface area (Å²) in [6, 6.07) is 13.6. The topological polar surface area (TPSA) is 96.7 Å². The van der Waals surface area contributed by atoms with Gasteiger partial charge in [0.25, 0.3) is 5.91 Å². The first-order valence-corrected chi connectivity index (χ1v) is 9.00. The summed E-state index contributed by atoms with van der Waals surface area (Å²) in [6.45, 7) is 3.96. The molecule has 0 fully saturated rings. The fraction of sp³-hybridized carbons (Fsp3) is 0.136. The molecule has 4 aromatic rings. The van der Waals surface area contributed by atoms with Crippen molar-refractivity contribution in [1.29, 1.82) is 0 Å². The highest BCUT2D eigenvalue weighted by Crippen LogP contribution is 2.29. The van der Waals surface area contributed by atoms with Gasteiger partial charge in [0.05, 0.1) is 11.3 Å². The van der Waals surface area contributed by atoms with E-state index in [-0.39, 0.29) is 11.4 Å². The number of nitrogens with one attached hydrogen (secondary N) is 2. The van der Waals surface area contributed by atoms with Crippen molar-refractivity contribution in [2.24, 2.45) is 5.73 Å². The van der Waals surface area contributed by atoms with Crippen LogP contribution in [0.25, 0.3) is 22.2 Å². The van der Waals surface area contributed by atoms with Crippen LogP contribution in [0.1, 0.15) is 29.8 Å². The van der Waals surface area contributed by atoms with Gasteiger partial charge in [-0.05, 0) is 43.2 Å². The SMILES string of the molecule is CC(C)(N)c1ccc(-c2cnc3[nH]cc(NC(=O)c4cccnc4)c3c2)cc1. The molecule has 3 aromatic heterocycles. The van der Waals surface area contributed by atoms with E-state index < -0.39 is 0 Å². The highest BCUT2D eigenvalue weighted by Gasteiger charge is 2.15. The lowest BCUT2D eigenvalue weighted by Crippen LogP contribution is -2.28. The number of pyridine rings is 2. The maximum absolute atomic E-state index is 12.4. The molecule has 0 radical (unpaired) electrons. The summed E-state index contributed by atoms with van der Waals surface area (Å²) in [5.41, 5.74) is 10.7. The highest BCUT2D eigenvalue weighted by molar-refractivity contribution is 6.08. The quantitative estimate of drug-likeness (QED) is 0.504.